The van der Waals surface area contributed by atoms with E-state index in [0.717, 1.165) is 19.3 Å². The van der Waals surface area contributed by atoms with Crippen LogP contribution in [0.25, 0.3) is 0 Å². The maximum absolute atomic E-state index is 9.51. The fraction of sp³-hybridized carbons (Fsp3) is 1.00. The third-order valence-corrected chi connectivity index (χ3v) is 2.35. The molecule has 1 aliphatic carbocycles. The summed E-state index contributed by atoms with van der Waals surface area (Å²) < 4.78 is 5.62. The molecule has 0 aromatic rings. The van der Waals surface area contributed by atoms with Gasteiger partial charge in [0.05, 0.1) is 18.3 Å². The maximum atomic E-state index is 9.51. The molecule has 0 bridgehead atoms. The average molecular weight is 172 g/mol. The van der Waals surface area contributed by atoms with Crippen molar-refractivity contribution in [2.75, 3.05) is 6.61 Å². The van der Waals surface area contributed by atoms with Gasteiger partial charge in [-0.3, -0.25) is 0 Å². The number of rotatable bonds is 2. The highest BCUT2D eigenvalue weighted by molar-refractivity contribution is 4.77. The quantitative estimate of drug-likeness (QED) is 0.690. The van der Waals surface area contributed by atoms with Gasteiger partial charge in [0.15, 0.2) is 0 Å². The molecule has 0 aliphatic heterocycles. The van der Waals surface area contributed by atoms with E-state index >= 15 is 0 Å². The van der Waals surface area contributed by atoms with E-state index in [9.17, 15) is 5.11 Å². The average Bonchev–Trinajstić information content (AvgIpc) is 2.29. The molecule has 1 aliphatic rings. The Morgan fingerprint density at radius 1 is 1.33 bits per heavy atom. The summed E-state index contributed by atoms with van der Waals surface area (Å²) >= 11 is 0. The van der Waals surface area contributed by atoms with Gasteiger partial charge in [0, 0.05) is 5.92 Å². The Hall–Kier alpha value is -0.0800. The summed E-state index contributed by atoms with van der Waals surface area (Å²) in [5.74, 6) is 0.379. The molecular formula is C10H20O2. The molecule has 0 saturated heterocycles. The first-order valence-corrected chi connectivity index (χ1v) is 4.81. The van der Waals surface area contributed by atoms with Gasteiger partial charge >= 0.3 is 0 Å². The molecule has 2 heteroatoms. The van der Waals surface area contributed by atoms with Gasteiger partial charge in [-0.05, 0) is 33.6 Å². The van der Waals surface area contributed by atoms with Gasteiger partial charge in [0.1, 0.15) is 0 Å². The van der Waals surface area contributed by atoms with Gasteiger partial charge in [0.2, 0.25) is 0 Å². The topological polar surface area (TPSA) is 29.5 Å². The lowest BCUT2D eigenvalue weighted by Crippen LogP contribution is -2.26. The molecule has 0 aromatic carbocycles. The van der Waals surface area contributed by atoms with Gasteiger partial charge in [-0.1, -0.05) is 6.42 Å². The van der Waals surface area contributed by atoms with Crippen LogP contribution in [0.3, 0.4) is 0 Å². The van der Waals surface area contributed by atoms with Gasteiger partial charge in [0.25, 0.3) is 0 Å². The van der Waals surface area contributed by atoms with E-state index in [1.807, 2.05) is 20.8 Å². The smallest absolute Gasteiger partial charge is 0.0598 e. The zero-order chi connectivity index (χ0) is 9.19. The van der Waals surface area contributed by atoms with Crippen molar-refractivity contribution in [3.8, 4) is 0 Å². The predicted octanol–water partition coefficient (Wildman–Crippen LogP) is 1.96. The summed E-state index contributed by atoms with van der Waals surface area (Å²) in [4.78, 5) is 0. The first kappa shape index (κ1) is 10.0. The van der Waals surface area contributed by atoms with E-state index in [1.165, 1.54) is 0 Å². The van der Waals surface area contributed by atoms with Crippen LogP contribution in [-0.4, -0.2) is 23.4 Å². The Bertz CT molecular complexity index is 137. The van der Waals surface area contributed by atoms with Crippen molar-refractivity contribution >= 4 is 0 Å². The Balaban J connectivity index is 2.23. The van der Waals surface area contributed by atoms with E-state index in [1.54, 1.807) is 0 Å². The third kappa shape index (κ3) is 3.11. The van der Waals surface area contributed by atoms with Crippen molar-refractivity contribution in [2.24, 2.45) is 5.92 Å². The van der Waals surface area contributed by atoms with Crippen LogP contribution in [0.1, 0.15) is 40.0 Å². The lowest BCUT2D eigenvalue weighted by molar-refractivity contribution is -0.0404. The Morgan fingerprint density at radius 3 is 2.42 bits per heavy atom. The van der Waals surface area contributed by atoms with Gasteiger partial charge in [-0.15, -0.1) is 0 Å². The molecule has 0 radical (unpaired) electrons. The lowest BCUT2D eigenvalue weighted by Gasteiger charge is -2.23. The summed E-state index contributed by atoms with van der Waals surface area (Å²) in [5, 5.41) is 9.51. The summed E-state index contributed by atoms with van der Waals surface area (Å²) in [7, 11) is 0. The van der Waals surface area contributed by atoms with Crippen molar-refractivity contribution in [2.45, 2.75) is 51.7 Å². The number of ether oxygens (including phenoxy) is 1. The van der Waals surface area contributed by atoms with E-state index in [0.29, 0.717) is 12.5 Å². The minimum atomic E-state index is -0.118. The van der Waals surface area contributed by atoms with Crippen molar-refractivity contribution in [1.82, 2.24) is 0 Å². The van der Waals surface area contributed by atoms with E-state index in [4.69, 9.17) is 4.74 Å². The third-order valence-electron chi connectivity index (χ3n) is 2.35. The number of aliphatic hydroxyl groups is 1. The van der Waals surface area contributed by atoms with Crippen LogP contribution >= 0.6 is 0 Å². The van der Waals surface area contributed by atoms with Crippen molar-refractivity contribution in [1.29, 1.82) is 0 Å². The summed E-state index contributed by atoms with van der Waals surface area (Å²) in [6.07, 6.45) is 3.11. The Morgan fingerprint density at radius 2 is 2.00 bits per heavy atom. The van der Waals surface area contributed by atoms with Crippen LogP contribution in [-0.2, 0) is 4.74 Å². The second-order valence-corrected chi connectivity index (χ2v) is 4.68. The molecule has 2 atom stereocenters. The van der Waals surface area contributed by atoms with Crippen molar-refractivity contribution in [3.63, 3.8) is 0 Å². The second kappa shape index (κ2) is 3.75. The fourth-order valence-corrected chi connectivity index (χ4v) is 1.57. The molecule has 1 saturated carbocycles. The molecule has 12 heavy (non-hydrogen) atoms. The zero-order valence-corrected chi connectivity index (χ0v) is 8.34. The summed E-state index contributed by atoms with van der Waals surface area (Å²) in [5.41, 5.74) is -0.0672. The number of aliphatic hydroxyl groups excluding tert-OH is 1. The Labute approximate surface area is 74.9 Å². The zero-order valence-electron chi connectivity index (χ0n) is 8.34. The van der Waals surface area contributed by atoms with E-state index in [2.05, 4.69) is 0 Å². The van der Waals surface area contributed by atoms with Gasteiger partial charge in [-0.25, -0.2) is 0 Å². The molecule has 72 valence electrons. The molecule has 0 amide bonds. The van der Waals surface area contributed by atoms with E-state index in [-0.39, 0.29) is 11.7 Å². The van der Waals surface area contributed by atoms with Crippen molar-refractivity contribution in [3.05, 3.63) is 0 Å². The lowest BCUT2D eigenvalue weighted by atomic mass is 10.1. The summed E-state index contributed by atoms with van der Waals surface area (Å²) in [6, 6.07) is 0. The minimum absolute atomic E-state index is 0.0672. The monoisotopic (exact) mass is 172 g/mol. The fourth-order valence-electron chi connectivity index (χ4n) is 1.57. The maximum Gasteiger partial charge on any atom is 0.0598 e. The number of hydrogen-bond acceptors (Lipinski definition) is 2. The first-order chi connectivity index (χ1) is 5.49. The van der Waals surface area contributed by atoms with Crippen molar-refractivity contribution < 1.29 is 9.84 Å². The molecule has 0 spiro atoms. The molecule has 0 heterocycles. The highest BCUT2D eigenvalue weighted by Gasteiger charge is 2.26. The van der Waals surface area contributed by atoms with Gasteiger partial charge in [-0.2, -0.15) is 0 Å². The van der Waals surface area contributed by atoms with E-state index < -0.39 is 0 Å². The van der Waals surface area contributed by atoms with Crippen LogP contribution in [0.15, 0.2) is 0 Å². The van der Waals surface area contributed by atoms with Crippen LogP contribution in [0, 0.1) is 5.92 Å². The van der Waals surface area contributed by atoms with Gasteiger partial charge < -0.3 is 9.84 Å². The Kier molecular flexibility index (Phi) is 3.13. The van der Waals surface area contributed by atoms with Crippen LogP contribution in [0.4, 0.5) is 0 Å². The summed E-state index contributed by atoms with van der Waals surface area (Å²) in [6.45, 7) is 6.86. The standard InChI is InChI=1S/C10H20O2/c1-10(2,3)12-7-8-5-4-6-9(8)11/h8-9,11H,4-7H2,1-3H3. The normalized spacial score (nSPS) is 31.0. The first-order valence-electron chi connectivity index (χ1n) is 4.81. The molecule has 2 nitrogen and oxygen atoms in total. The SMILES string of the molecule is CC(C)(C)OCC1CCCC1O. The van der Waals surface area contributed by atoms with Crippen LogP contribution in [0.2, 0.25) is 0 Å². The highest BCUT2D eigenvalue weighted by atomic mass is 16.5. The molecule has 1 rings (SSSR count). The molecule has 2 unspecified atom stereocenters. The molecule has 1 fully saturated rings. The molecular weight excluding hydrogens is 152 g/mol. The highest BCUT2D eigenvalue weighted by Crippen LogP contribution is 2.26. The molecule has 1 N–H and O–H groups in total. The largest absolute Gasteiger partial charge is 0.393 e. The minimum Gasteiger partial charge on any atom is -0.393 e. The van der Waals surface area contributed by atoms with Crippen LogP contribution in [0.5, 0.6) is 0 Å². The predicted molar refractivity (Wildman–Crippen MR) is 49.1 cm³/mol. The number of hydrogen-bond donors (Lipinski definition) is 1. The second-order valence-electron chi connectivity index (χ2n) is 4.68. The van der Waals surface area contributed by atoms with Crippen LogP contribution < -0.4 is 0 Å². The molecule has 0 aromatic heterocycles.